The first-order chi connectivity index (χ1) is 10.1. The Morgan fingerprint density at radius 2 is 1.86 bits per heavy atom. The van der Waals surface area contributed by atoms with Crippen molar-refractivity contribution < 1.29 is 14.3 Å². The third-order valence-electron chi connectivity index (χ3n) is 3.65. The molecule has 0 heterocycles. The molecule has 2 atom stereocenters. The summed E-state index contributed by atoms with van der Waals surface area (Å²) in [5.74, 6) is 1.22. The van der Waals surface area contributed by atoms with Crippen LogP contribution in [0.2, 0.25) is 5.02 Å². The highest BCUT2D eigenvalue weighted by Crippen LogP contribution is 2.45. The molecule has 2 rings (SSSR count). The summed E-state index contributed by atoms with van der Waals surface area (Å²) in [4.78, 5) is 12.4. The maximum atomic E-state index is 12.5. The molecule has 0 amide bonds. The van der Waals surface area contributed by atoms with Crippen LogP contribution in [0.3, 0.4) is 0 Å². The van der Waals surface area contributed by atoms with Gasteiger partial charge in [-0.1, -0.05) is 40.0 Å². The highest BCUT2D eigenvalue weighted by atomic mass is 79.9. The number of carbonyl (C=O) groups is 1. The van der Waals surface area contributed by atoms with E-state index in [2.05, 4.69) is 15.9 Å². The van der Waals surface area contributed by atoms with Gasteiger partial charge in [0.15, 0.2) is 17.3 Å². The van der Waals surface area contributed by atoms with Gasteiger partial charge in [0.2, 0.25) is 0 Å². The van der Waals surface area contributed by atoms with Crippen LogP contribution in [-0.4, -0.2) is 23.8 Å². The van der Waals surface area contributed by atoms with Crippen molar-refractivity contribution in [3.05, 3.63) is 22.7 Å². The van der Waals surface area contributed by atoms with Crippen LogP contribution in [0.15, 0.2) is 12.1 Å². The summed E-state index contributed by atoms with van der Waals surface area (Å²) in [5.41, 5.74) is 0.888. The molecule has 21 heavy (non-hydrogen) atoms. The Hall–Kier alpha value is -0.740. The maximum Gasteiger partial charge on any atom is 0.180 e. The molecule has 0 aliphatic heterocycles. The summed E-state index contributed by atoms with van der Waals surface area (Å²) in [7, 11) is 0. The highest BCUT2D eigenvalue weighted by molar-refractivity contribution is 9.10. The molecule has 1 aliphatic carbocycles. The maximum absolute atomic E-state index is 12.5. The van der Waals surface area contributed by atoms with E-state index in [1.54, 1.807) is 6.07 Å². The molecular formula is C16H20BrClO3. The van der Waals surface area contributed by atoms with Gasteiger partial charge in [0.1, 0.15) is 0 Å². The zero-order valence-corrected chi connectivity index (χ0v) is 14.7. The van der Waals surface area contributed by atoms with E-state index < -0.39 is 0 Å². The molecule has 0 bridgehead atoms. The van der Waals surface area contributed by atoms with Crippen molar-refractivity contribution in [3.63, 3.8) is 0 Å². The summed E-state index contributed by atoms with van der Waals surface area (Å²) in [5, 5.41) is 0.516. The van der Waals surface area contributed by atoms with Crippen LogP contribution in [0.4, 0.5) is 0 Å². The van der Waals surface area contributed by atoms with Gasteiger partial charge in [-0.05, 0) is 32.8 Å². The number of Topliss-reactive ketones (excluding diaryl/α,β-unsaturated/α-hetero) is 1. The van der Waals surface area contributed by atoms with E-state index in [-0.39, 0.29) is 16.5 Å². The summed E-state index contributed by atoms with van der Waals surface area (Å²) in [6, 6.07) is 3.68. The minimum atomic E-state index is -0.152. The largest absolute Gasteiger partial charge is 0.490 e. The molecule has 116 valence electrons. The summed E-state index contributed by atoms with van der Waals surface area (Å²) in [6.07, 6.45) is 2.75. The van der Waals surface area contributed by atoms with Crippen molar-refractivity contribution in [2.24, 2.45) is 0 Å². The van der Waals surface area contributed by atoms with E-state index in [1.165, 1.54) is 0 Å². The van der Waals surface area contributed by atoms with Gasteiger partial charge in [-0.3, -0.25) is 4.79 Å². The molecule has 0 spiro atoms. The fourth-order valence-corrected chi connectivity index (χ4v) is 3.56. The van der Waals surface area contributed by atoms with Crippen LogP contribution in [0.1, 0.15) is 44.6 Å². The second-order valence-corrected chi connectivity index (χ2v) is 6.53. The molecular weight excluding hydrogens is 356 g/mol. The Morgan fingerprint density at radius 3 is 2.52 bits per heavy atom. The molecule has 0 radical (unpaired) electrons. The molecule has 0 N–H and O–H groups in total. The first kappa shape index (κ1) is 16.6. The van der Waals surface area contributed by atoms with Crippen LogP contribution in [-0.2, 0) is 4.79 Å². The van der Waals surface area contributed by atoms with Crippen molar-refractivity contribution in [1.29, 1.82) is 0 Å². The zero-order valence-electron chi connectivity index (χ0n) is 12.3. The number of hydrogen-bond donors (Lipinski definition) is 0. The van der Waals surface area contributed by atoms with Crippen molar-refractivity contribution in [2.45, 2.75) is 43.9 Å². The Kier molecular flexibility index (Phi) is 5.94. The fraction of sp³-hybridized carbons (Fsp3) is 0.562. The minimum Gasteiger partial charge on any atom is -0.490 e. The molecule has 3 nitrogen and oxygen atoms in total. The lowest BCUT2D eigenvalue weighted by Gasteiger charge is -2.27. The van der Waals surface area contributed by atoms with Crippen molar-refractivity contribution in [1.82, 2.24) is 0 Å². The van der Waals surface area contributed by atoms with E-state index in [0.29, 0.717) is 29.7 Å². The Morgan fingerprint density at radius 1 is 1.19 bits per heavy atom. The molecule has 1 aromatic carbocycles. The predicted molar refractivity (Wildman–Crippen MR) is 88.1 cm³/mol. The fourth-order valence-electron chi connectivity index (χ4n) is 2.71. The summed E-state index contributed by atoms with van der Waals surface area (Å²) >= 11 is 9.69. The van der Waals surface area contributed by atoms with E-state index >= 15 is 0 Å². The average Bonchev–Trinajstić information content (AvgIpc) is 2.47. The summed E-state index contributed by atoms with van der Waals surface area (Å²) in [6.45, 7) is 4.82. The van der Waals surface area contributed by atoms with Crippen LogP contribution < -0.4 is 9.47 Å². The molecule has 1 aliphatic rings. The molecule has 1 fully saturated rings. The van der Waals surface area contributed by atoms with Gasteiger partial charge in [-0.25, -0.2) is 0 Å². The minimum absolute atomic E-state index is 0.0723. The lowest BCUT2D eigenvalue weighted by molar-refractivity contribution is -0.121. The van der Waals surface area contributed by atoms with Gasteiger partial charge in [-0.2, -0.15) is 0 Å². The average molecular weight is 376 g/mol. The third kappa shape index (κ3) is 3.54. The molecule has 0 saturated heterocycles. The molecule has 1 aromatic rings. The topological polar surface area (TPSA) is 35.5 Å². The zero-order chi connectivity index (χ0) is 15.4. The monoisotopic (exact) mass is 374 g/mol. The van der Waals surface area contributed by atoms with Gasteiger partial charge >= 0.3 is 0 Å². The predicted octanol–water partition coefficient (Wildman–Crippen LogP) is 4.74. The summed E-state index contributed by atoms with van der Waals surface area (Å²) < 4.78 is 11.4. The number of hydrogen-bond acceptors (Lipinski definition) is 3. The first-order valence-corrected chi connectivity index (χ1v) is 8.65. The second kappa shape index (κ2) is 7.50. The van der Waals surface area contributed by atoms with Crippen LogP contribution in [0, 0.1) is 0 Å². The van der Waals surface area contributed by atoms with E-state index in [1.807, 2.05) is 19.9 Å². The molecule has 0 aromatic heterocycles. The standard InChI is InChI=1S/C16H20BrClO3/c1-3-20-15-11(8-9-13(18)16(15)21-4-2)10-6-5-7-12(17)14(10)19/h8-10,12H,3-7H2,1-2H3. The van der Waals surface area contributed by atoms with Crippen molar-refractivity contribution in [3.8, 4) is 11.5 Å². The number of alkyl halides is 1. The molecule has 2 unspecified atom stereocenters. The Balaban J connectivity index is 2.46. The van der Waals surface area contributed by atoms with Gasteiger partial charge < -0.3 is 9.47 Å². The van der Waals surface area contributed by atoms with E-state index in [4.69, 9.17) is 21.1 Å². The number of ether oxygens (including phenoxy) is 2. The third-order valence-corrected chi connectivity index (χ3v) is 4.86. The number of halogens is 2. The van der Waals surface area contributed by atoms with Gasteiger partial charge in [-0.15, -0.1) is 0 Å². The molecule has 1 saturated carbocycles. The first-order valence-electron chi connectivity index (χ1n) is 7.35. The van der Waals surface area contributed by atoms with Crippen LogP contribution in [0.25, 0.3) is 0 Å². The Labute approximate surface area is 139 Å². The number of rotatable bonds is 5. The number of benzene rings is 1. The van der Waals surface area contributed by atoms with Gasteiger partial charge in [0.25, 0.3) is 0 Å². The smallest absolute Gasteiger partial charge is 0.180 e. The highest BCUT2D eigenvalue weighted by Gasteiger charge is 2.33. The SMILES string of the molecule is CCOc1c(Cl)ccc(C2CCCC(Br)C2=O)c1OCC. The molecule has 5 heteroatoms. The Bertz CT molecular complexity index is 518. The second-order valence-electron chi connectivity index (χ2n) is 5.01. The van der Waals surface area contributed by atoms with Gasteiger partial charge in [0.05, 0.1) is 23.1 Å². The van der Waals surface area contributed by atoms with E-state index in [9.17, 15) is 4.79 Å². The van der Waals surface area contributed by atoms with Crippen molar-refractivity contribution >= 4 is 33.3 Å². The van der Waals surface area contributed by atoms with Crippen molar-refractivity contribution in [2.75, 3.05) is 13.2 Å². The number of ketones is 1. The van der Waals surface area contributed by atoms with E-state index in [0.717, 1.165) is 24.8 Å². The lowest BCUT2D eigenvalue weighted by atomic mass is 9.82. The number of carbonyl (C=O) groups excluding carboxylic acids is 1. The van der Waals surface area contributed by atoms with Gasteiger partial charge in [0, 0.05) is 11.5 Å². The van der Waals surface area contributed by atoms with Crippen LogP contribution >= 0.6 is 27.5 Å². The normalized spacial score (nSPS) is 22.2. The quantitative estimate of drug-likeness (QED) is 0.697. The van der Waals surface area contributed by atoms with Crippen LogP contribution in [0.5, 0.6) is 11.5 Å². The lowest BCUT2D eigenvalue weighted by Crippen LogP contribution is -2.27.